The lowest BCUT2D eigenvalue weighted by Gasteiger charge is -2.18. The second-order valence-electron chi connectivity index (χ2n) is 3.01. The number of hydrogen-bond acceptors (Lipinski definition) is 3. The van der Waals surface area contributed by atoms with Crippen molar-refractivity contribution in [1.82, 2.24) is 4.90 Å². The van der Waals surface area contributed by atoms with Crippen LogP contribution in [0.2, 0.25) is 0 Å². The Labute approximate surface area is 79.2 Å². The molecule has 4 nitrogen and oxygen atoms in total. The van der Waals surface area contributed by atoms with Gasteiger partial charge in [0.15, 0.2) is 0 Å². The SMILES string of the molecule is CCN(CCCO)CCCC(=O)O. The summed E-state index contributed by atoms with van der Waals surface area (Å²) in [5, 5.41) is 17.0. The smallest absolute Gasteiger partial charge is 0.303 e. The molecule has 0 amide bonds. The molecular formula is C9H19NO3. The second-order valence-corrected chi connectivity index (χ2v) is 3.01. The summed E-state index contributed by atoms with van der Waals surface area (Å²) in [6.07, 6.45) is 1.69. The number of carboxylic acids is 1. The van der Waals surface area contributed by atoms with Gasteiger partial charge in [0, 0.05) is 19.6 Å². The maximum atomic E-state index is 10.2. The predicted octanol–water partition coefficient (Wildman–Crippen LogP) is 0.556. The minimum atomic E-state index is -0.738. The van der Waals surface area contributed by atoms with Crippen LogP contribution in [0.3, 0.4) is 0 Å². The summed E-state index contributed by atoms with van der Waals surface area (Å²) in [4.78, 5) is 12.4. The molecule has 4 heteroatoms. The molecule has 0 aliphatic rings. The van der Waals surface area contributed by atoms with Crippen LogP contribution in [-0.2, 0) is 4.79 Å². The molecule has 0 rings (SSSR count). The van der Waals surface area contributed by atoms with Crippen LogP contribution in [0.4, 0.5) is 0 Å². The Balaban J connectivity index is 3.41. The molecule has 0 radical (unpaired) electrons. The molecule has 0 aromatic heterocycles. The third-order valence-corrected chi connectivity index (χ3v) is 1.94. The molecule has 0 saturated carbocycles. The van der Waals surface area contributed by atoms with Crippen molar-refractivity contribution in [2.75, 3.05) is 26.2 Å². The molecule has 0 fully saturated rings. The highest BCUT2D eigenvalue weighted by Gasteiger charge is 2.02. The molecule has 0 unspecified atom stereocenters. The van der Waals surface area contributed by atoms with E-state index in [4.69, 9.17) is 10.2 Å². The quantitative estimate of drug-likeness (QED) is 0.585. The molecule has 0 heterocycles. The van der Waals surface area contributed by atoms with Gasteiger partial charge in [-0.15, -0.1) is 0 Å². The highest BCUT2D eigenvalue weighted by Crippen LogP contribution is 1.96. The van der Waals surface area contributed by atoms with Crippen LogP contribution in [0.1, 0.15) is 26.2 Å². The predicted molar refractivity (Wildman–Crippen MR) is 50.7 cm³/mol. The molecule has 0 aliphatic carbocycles. The van der Waals surface area contributed by atoms with Gasteiger partial charge in [-0.3, -0.25) is 4.79 Å². The molecule has 0 aliphatic heterocycles. The third-order valence-electron chi connectivity index (χ3n) is 1.94. The second kappa shape index (κ2) is 8.01. The van der Waals surface area contributed by atoms with Gasteiger partial charge >= 0.3 is 5.97 Å². The molecule has 0 spiro atoms. The number of nitrogens with zero attached hydrogens (tertiary/aromatic N) is 1. The average molecular weight is 189 g/mol. The van der Waals surface area contributed by atoms with Crippen molar-refractivity contribution in [3.05, 3.63) is 0 Å². The van der Waals surface area contributed by atoms with Gasteiger partial charge < -0.3 is 15.1 Å². The van der Waals surface area contributed by atoms with E-state index in [0.717, 1.165) is 26.1 Å². The Hall–Kier alpha value is -0.610. The number of aliphatic hydroxyl groups is 1. The van der Waals surface area contributed by atoms with Crippen LogP contribution in [-0.4, -0.2) is 47.3 Å². The van der Waals surface area contributed by atoms with Crippen LogP contribution >= 0.6 is 0 Å². The van der Waals surface area contributed by atoms with Crippen molar-refractivity contribution in [1.29, 1.82) is 0 Å². The van der Waals surface area contributed by atoms with Crippen molar-refractivity contribution in [2.45, 2.75) is 26.2 Å². The monoisotopic (exact) mass is 189 g/mol. The average Bonchev–Trinajstić information content (AvgIpc) is 2.10. The van der Waals surface area contributed by atoms with Crippen molar-refractivity contribution >= 4 is 5.97 Å². The van der Waals surface area contributed by atoms with E-state index in [1.54, 1.807) is 0 Å². The van der Waals surface area contributed by atoms with Crippen LogP contribution in [0.15, 0.2) is 0 Å². The van der Waals surface area contributed by atoms with Gasteiger partial charge in [-0.05, 0) is 25.9 Å². The lowest BCUT2D eigenvalue weighted by Crippen LogP contribution is -2.26. The molecule has 2 N–H and O–H groups in total. The van der Waals surface area contributed by atoms with Gasteiger partial charge in [-0.1, -0.05) is 6.92 Å². The lowest BCUT2D eigenvalue weighted by molar-refractivity contribution is -0.137. The topological polar surface area (TPSA) is 60.8 Å². The van der Waals surface area contributed by atoms with E-state index in [9.17, 15) is 4.79 Å². The number of aliphatic hydroxyl groups excluding tert-OH is 1. The minimum Gasteiger partial charge on any atom is -0.481 e. The Bertz CT molecular complexity index is 139. The summed E-state index contributed by atoms with van der Waals surface area (Å²) < 4.78 is 0. The summed E-state index contributed by atoms with van der Waals surface area (Å²) in [5.41, 5.74) is 0. The fourth-order valence-corrected chi connectivity index (χ4v) is 1.18. The van der Waals surface area contributed by atoms with Crippen LogP contribution in [0.25, 0.3) is 0 Å². The van der Waals surface area contributed by atoms with Crippen molar-refractivity contribution in [2.24, 2.45) is 0 Å². The van der Waals surface area contributed by atoms with Crippen LogP contribution in [0, 0.1) is 0 Å². The first kappa shape index (κ1) is 12.4. The van der Waals surface area contributed by atoms with E-state index in [1.165, 1.54) is 0 Å². The maximum Gasteiger partial charge on any atom is 0.303 e. The molecule has 0 atom stereocenters. The summed E-state index contributed by atoms with van der Waals surface area (Å²) in [5.74, 6) is -0.738. The zero-order chi connectivity index (χ0) is 10.1. The van der Waals surface area contributed by atoms with Crippen LogP contribution < -0.4 is 0 Å². The van der Waals surface area contributed by atoms with E-state index in [2.05, 4.69) is 4.90 Å². The van der Waals surface area contributed by atoms with E-state index in [0.29, 0.717) is 6.42 Å². The zero-order valence-electron chi connectivity index (χ0n) is 8.20. The summed E-state index contributed by atoms with van der Waals surface area (Å²) in [6.45, 7) is 4.82. The minimum absolute atomic E-state index is 0.204. The van der Waals surface area contributed by atoms with E-state index in [-0.39, 0.29) is 13.0 Å². The third kappa shape index (κ3) is 7.74. The number of hydrogen-bond donors (Lipinski definition) is 2. The summed E-state index contributed by atoms with van der Waals surface area (Å²) in [6, 6.07) is 0. The van der Waals surface area contributed by atoms with Crippen LogP contribution in [0.5, 0.6) is 0 Å². The summed E-state index contributed by atoms with van der Waals surface area (Å²) in [7, 11) is 0. The molecule has 0 aromatic rings. The van der Waals surface area contributed by atoms with E-state index in [1.807, 2.05) is 6.92 Å². The highest BCUT2D eigenvalue weighted by molar-refractivity contribution is 5.66. The fourth-order valence-electron chi connectivity index (χ4n) is 1.18. The molecule has 78 valence electrons. The largest absolute Gasteiger partial charge is 0.481 e. The van der Waals surface area contributed by atoms with Crippen molar-refractivity contribution < 1.29 is 15.0 Å². The molecule has 0 aromatic carbocycles. The normalized spacial score (nSPS) is 10.7. The lowest BCUT2D eigenvalue weighted by atomic mass is 10.3. The number of carbonyl (C=O) groups is 1. The zero-order valence-corrected chi connectivity index (χ0v) is 8.20. The number of aliphatic carboxylic acids is 1. The van der Waals surface area contributed by atoms with Gasteiger partial charge in [-0.2, -0.15) is 0 Å². The molecule has 0 saturated heterocycles. The Kier molecular flexibility index (Phi) is 7.63. The van der Waals surface area contributed by atoms with Gasteiger partial charge in [0.2, 0.25) is 0 Å². The Morgan fingerprint density at radius 3 is 2.38 bits per heavy atom. The standard InChI is InChI=1S/C9H19NO3/c1-2-10(7-4-8-11)6-3-5-9(12)13/h11H,2-8H2,1H3,(H,12,13). The number of carboxylic acid groups (broad SMARTS) is 1. The Morgan fingerprint density at radius 1 is 1.31 bits per heavy atom. The van der Waals surface area contributed by atoms with Gasteiger partial charge in [0.25, 0.3) is 0 Å². The fraction of sp³-hybridized carbons (Fsp3) is 0.889. The van der Waals surface area contributed by atoms with E-state index >= 15 is 0 Å². The first-order valence-electron chi connectivity index (χ1n) is 4.75. The highest BCUT2D eigenvalue weighted by atomic mass is 16.4. The number of rotatable bonds is 8. The molecular weight excluding hydrogens is 170 g/mol. The van der Waals surface area contributed by atoms with Crippen molar-refractivity contribution in [3.63, 3.8) is 0 Å². The first-order valence-corrected chi connectivity index (χ1v) is 4.75. The summed E-state index contributed by atoms with van der Waals surface area (Å²) >= 11 is 0. The van der Waals surface area contributed by atoms with Gasteiger partial charge in [0.05, 0.1) is 0 Å². The Morgan fingerprint density at radius 2 is 1.92 bits per heavy atom. The molecule has 13 heavy (non-hydrogen) atoms. The van der Waals surface area contributed by atoms with E-state index < -0.39 is 5.97 Å². The molecule has 0 bridgehead atoms. The van der Waals surface area contributed by atoms with Gasteiger partial charge in [0.1, 0.15) is 0 Å². The van der Waals surface area contributed by atoms with Gasteiger partial charge in [-0.25, -0.2) is 0 Å². The first-order chi connectivity index (χ1) is 6.20. The maximum absolute atomic E-state index is 10.2. The van der Waals surface area contributed by atoms with Crippen molar-refractivity contribution in [3.8, 4) is 0 Å².